The van der Waals surface area contributed by atoms with Crippen LogP contribution in [-0.4, -0.2) is 59.9 Å². The molecule has 2 saturated carbocycles. The molecule has 5 rings (SSSR count). The molecule has 36 heavy (non-hydrogen) atoms. The molecule has 1 aromatic carbocycles. The molecule has 4 amide bonds. The van der Waals surface area contributed by atoms with Crippen molar-refractivity contribution >= 4 is 17.8 Å². The van der Waals surface area contributed by atoms with E-state index in [-0.39, 0.29) is 23.9 Å². The van der Waals surface area contributed by atoms with Gasteiger partial charge in [-0.25, -0.2) is 4.79 Å². The molecule has 2 aliphatic carbocycles. The molecule has 4 fully saturated rings. The Morgan fingerprint density at radius 1 is 0.917 bits per heavy atom. The van der Waals surface area contributed by atoms with Crippen LogP contribution in [0.1, 0.15) is 68.9 Å². The molecule has 4 N–H and O–H groups in total. The lowest BCUT2D eigenvalue weighted by Crippen LogP contribution is -2.59. The Morgan fingerprint density at radius 2 is 1.61 bits per heavy atom. The van der Waals surface area contributed by atoms with Gasteiger partial charge in [0.1, 0.15) is 0 Å². The van der Waals surface area contributed by atoms with E-state index < -0.39 is 5.92 Å². The van der Waals surface area contributed by atoms with Crippen molar-refractivity contribution in [2.45, 2.75) is 76.9 Å². The van der Waals surface area contributed by atoms with Crippen LogP contribution in [0.4, 0.5) is 4.79 Å². The number of piperidine rings is 2. The monoisotopic (exact) mass is 495 g/mol. The number of carbonyl (C=O) groups excluding carboxylic acids is 3. The molecule has 196 valence electrons. The molecule has 0 unspecified atom stereocenters. The van der Waals surface area contributed by atoms with Crippen molar-refractivity contribution in [1.29, 1.82) is 0 Å². The van der Waals surface area contributed by atoms with E-state index >= 15 is 0 Å². The third-order valence-electron chi connectivity index (χ3n) is 8.87. The van der Waals surface area contributed by atoms with Crippen LogP contribution in [0.25, 0.3) is 0 Å². The SMILES string of the molecule is NCc1ccc(CNC(=O)[C@H]2CN(C(=O)CCC3CC3)CC[C@H]2NC(=O)N2CCC3(CC2)CC3)cc1. The van der Waals surface area contributed by atoms with Gasteiger partial charge in [-0.15, -0.1) is 0 Å². The number of nitrogens with zero attached hydrogens (tertiary/aromatic N) is 2. The maximum absolute atomic E-state index is 13.4. The number of carbonyl (C=O) groups is 3. The summed E-state index contributed by atoms with van der Waals surface area (Å²) < 4.78 is 0. The largest absolute Gasteiger partial charge is 0.352 e. The number of hydrogen-bond acceptors (Lipinski definition) is 4. The molecule has 2 aliphatic heterocycles. The van der Waals surface area contributed by atoms with Gasteiger partial charge >= 0.3 is 6.03 Å². The van der Waals surface area contributed by atoms with Gasteiger partial charge in [0.05, 0.1) is 5.92 Å². The molecule has 4 aliphatic rings. The van der Waals surface area contributed by atoms with Gasteiger partial charge in [-0.1, -0.05) is 37.1 Å². The number of benzene rings is 1. The van der Waals surface area contributed by atoms with Crippen LogP contribution in [0.2, 0.25) is 0 Å². The fourth-order valence-corrected chi connectivity index (χ4v) is 5.73. The number of nitrogens with one attached hydrogen (secondary N) is 2. The summed E-state index contributed by atoms with van der Waals surface area (Å²) in [6, 6.07) is 7.53. The Hall–Kier alpha value is -2.61. The highest BCUT2D eigenvalue weighted by Gasteiger charge is 2.45. The van der Waals surface area contributed by atoms with Gasteiger partial charge < -0.3 is 26.2 Å². The molecule has 8 nitrogen and oxygen atoms in total. The second-order valence-electron chi connectivity index (χ2n) is 11.5. The number of nitrogens with two attached hydrogens (primary N) is 1. The smallest absolute Gasteiger partial charge is 0.317 e. The van der Waals surface area contributed by atoms with Crippen LogP contribution in [0.5, 0.6) is 0 Å². The maximum atomic E-state index is 13.4. The molecule has 2 atom stereocenters. The highest BCUT2D eigenvalue weighted by atomic mass is 16.2. The highest BCUT2D eigenvalue weighted by Crippen LogP contribution is 2.53. The van der Waals surface area contributed by atoms with Crippen molar-refractivity contribution in [3.8, 4) is 0 Å². The Balaban J connectivity index is 1.20. The average Bonchev–Trinajstić information content (AvgIpc) is 3.85. The summed E-state index contributed by atoms with van der Waals surface area (Å²) in [6.07, 6.45) is 9.33. The lowest BCUT2D eigenvalue weighted by atomic mass is 9.90. The highest BCUT2D eigenvalue weighted by molar-refractivity contribution is 5.83. The molecule has 2 heterocycles. The second kappa shape index (κ2) is 10.8. The third-order valence-corrected chi connectivity index (χ3v) is 8.87. The Kier molecular flexibility index (Phi) is 7.51. The quantitative estimate of drug-likeness (QED) is 0.515. The molecule has 0 bridgehead atoms. The van der Waals surface area contributed by atoms with E-state index in [1.807, 2.05) is 34.1 Å². The Bertz CT molecular complexity index is 946. The van der Waals surface area contributed by atoms with E-state index in [9.17, 15) is 14.4 Å². The predicted octanol–water partition coefficient (Wildman–Crippen LogP) is 2.75. The summed E-state index contributed by atoms with van der Waals surface area (Å²) in [4.78, 5) is 43.1. The van der Waals surface area contributed by atoms with Gasteiger partial charge in [-0.2, -0.15) is 0 Å². The number of amides is 4. The molecular weight excluding hydrogens is 454 g/mol. The number of hydrogen-bond donors (Lipinski definition) is 3. The minimum atomic E-state index is -0.463. The van der Waals surface area contributed by atoms with E-state index in [4.69, 9.17) is 5.73 Å². The maximum Gasteiger partial charge on any atom is 0.317 e. The van der Waals surface area contributed by atoms with Crippen LogP contribution in [-0.2, 0) is 22.7 Å². The van der Waals surface area contributed by atoms with Crippen LogP contribution >= 0.6 is 0 Å². The topological polar surface area (TPSA) is 108 Å². The number of rotatable bonds is 8. The van der Waals surface area contributed by atoms with Gasteiger partial charge in [0.25, 0.3) is 0 Å². The zero-order valence-electron chi connectivity index (χ0n) is 21.3. The zero-order chi connectivity index (χ0) is 25.1. The van der Waals surface area contributed by atoms with Crippen LogP contribution in [0, 0.1) is 17.3 Å². The molecule has 1 spiro atoms. The van der Waals surface area contributed by atoms with Crippen molar-refractivity contribution in [2.75, 3.05) is 26.2 Å². The minimum absolute atomic E-state index is 0.0702. The standard InChI is InChI=1S/C28H41N5O3/c29-17-21-3-5-22(6-4-21)18-30-26(35)23-19-33(25(34)8-7-20-1-2-20)14-9-24(23)31-27(36)32-15-12-28(10-11-28)13-16-32/h3-6,20,23-24H,1-2,7-19,29H2,(H,30,35)(H,31,36)/t23-,24+/m0/s1. The summed E-state index contributed by atoms with van der Waals surface area (Å²) in [6.45, 7) is 3.42. The molecule has 1 aromatic rings. The summed E-state index contributed by atoms with van der Waals surface area (Å²) in [5.41, 5.74) is 8.24. The van der Waals surface area contributed by atoms with E-state index in [2.05, 4.69) is 10.6 Å². The Morgan fingerprint density at radius 3 is 2.25 bits per heavy atom. The Labute approximate surface area is 214 Å². The van der Waals surface area contributed by atoms with Gasteiger partial charge in [-0.05, 0) is 61.0 Å². The first-order valence-corrected chi connectivity index (χ1v) is 13.8. The number of urea groups is 1. The van der Waals surface area contributed by atoms with Gasteiger partial charge in [0.15, 0.2) is 0 Å². The summed E-state index contributed by atoms with van der Waals surface area (Å²) in [7, 11) is 0. The third kappa shape index (κ3) is 6.20. The normalized spacial score (nSPS) is 24.9. The predicted molar refractivity (Wildman–Crippen MR) is 138 cm³/mol. The molecule has 8 heteroatoms. The first kappa shape index (κ1) is 25.1. The second-order valence-corrected chi connectivity index (χ2v) is 11.5. The van der Waals surface area contributed by atoms with Crippen LogP contribution in [0.3, 0.4) is 0 Å². The van der Waals surface area contributed by atoms with E-state index in [0.717, 1.165) is 43.5 Å². The molecule has 0 aromatic heterocycles. The summed E-state index contributed by atoms with van der Waals surface area (Å²) >= 11 is 0. The first-order valence-electron chi connectivity index (χ1n) is 13.8. The zero-order valence-corrected chi connectivity index (χ0v) is 21.3. The van der Waals surface area contributed by atoms with Gasteiger partial charge in [0, 0.05) is 51.7 Å². The lowest BCUT2D eigenvalue weighted by Gasteiger charge is -2.40. The molecule has 2 saturated heterocycles. The molecule has 0 radical (unpaired) electrons. The van der Waals surface area contributed by atoms with Crippen LogP contribution in [0.15, 0.2) is 24.3 Å². The van der Waals surface area contributed by atoms with Gasteiger partial charge in [0.2, 0.25) is 11.8 Å². The summed E-state index contributed by atoms with van der Waals surface area (Å²) in [5.74, 6) is 0.261. The van der Waals surface area contributed by atoms with Crippen molar-refractivity contribution in [2.24, 2.45) is 23.0 Å². The fourth-order valence-electron chi connectivity index (χ4n) is 5.73. The van der Waals surface area contributed by atoms with Crippen molar-refractivity contribution in [1.82, 2.24) is 20.4 Å². The van der Waals surface area contributed by atoms with Crippen LogP contribution < -0.4 is 16.4 Å². The van der Waals surface area contributed by atoms with Gasteiger partial charge in [-0.3, -0.25) is 9.59 Å². The van der Waals surface area contributed by atoms with Crippen molar-refractivity contribution in [3.63, 3.8) is 0 Å². The fraction of sp³-hybridized carbons (Fsp3) is 0.679. The average molecular weight is 496 g/mol. The van der Waals surface area contributed by atoms with E-state index in [0.29, 0.717) is 50.4 Å². The molecular formula is C28H41N5O3. The van der Waals surface area contributed by atoms with Crippen molar-refractivity contribution < 1.29 is 14.4 Å². The van der Waals surface area contributed by atoms with Crippen molar-refractivity contribution in [3.05, 3.63) is 35.4 Å². The van der Waals surface area contributed by atoms with E-state index in [1.54, 1.807) is 0 Å². The lowest BCUT2D eigenvalue weighted by molar-refractivity contribution is -0.136. The minimum Gasteiger partial charge on any atom is -0.352 e. The number of likely N-dealkylation sites (tertiary alicyclic amines) is 2. The summed E-state index contributed by atoms with van der Waals surface area (Å²) in [5, 5.41) is 6.23. The van der Waals surface area contributed by atoms with E-state index in [1.165, 1.54) is 25.7 Å². The first-order chi connectivity index (χ1) is 17.4.